The number of fused-ring (bicyclic) bond motifs is 3. The van der Waals surface area contributed by atoms with Crippen LogP contribution in [-0.2, 0) is 113 Å². The highest BCUT2D eigenvalue weighted by Crippen LogP contribution is 2.41. The van der Waals surface area contributed by atoms with Crippen molar-refractivity contribution in [2.45, 2.75) is 198 Å². The van der Waals surface area contributed by atoms with Gasteiger partial charge in [0.25, 0.3) is 0 Å². The van der Waals surface area contributed by atoms with Crippen molar-refractivity contribution in [3.8, 4) is 56.8 Å². The number of halogens is 1. The number of esters is 2. The molecule has 7 heterocycles. The van der Waals surface area contributed by atoms with E-state index in [4.69, 9.17) is 77.8 Å². The molecule has 124 heavy (non-hydrogen) atoms. The lowest BCUT2D eigenvalue weighted by atomic mass is 9.77. The Balaban J connectivity index is 0.000000212. The Morgan fingerprint density at radius 2 is 0.855 bits per heavy atom. The first-order chi connectivity index (χ1) is 58.0. The summed E-state index contributed by atoms with van der Waals surface area (Å²) in [6, 6.07) is 39.6. The van der Waals surface area contributed by atoms with Crippen molar-refractivity contribution in [3.63, 3.8) is 0 Å². The van der Waals surface area contributed by atoms with E-state index in [1.165, 1.54) is 0 Å². The molecule has 662 valence electrons. The number of hydrogen-bond acceptors (Lipinski definition) is 22. The molecule has 2 atom stereocenters. The minimum atomic E-state index is -0.955. The maximum atomic E-state index is 12.6. The van der Waals surface area contributed by atoms with E-state index in [1.807, 2.05) is 157 Å². The van der Waals surface area contributed by atoms with Crippen LogP contribution in [0.5, 0.6) is 34.5 Å². The van der Waals surface area contributed by atoms with Gasteiger partial charge in [-0.1, -0.05) is 50.7 Å². The van der Waals surface area contributed by atoms with Gasteiger partial charge >= 0.3 is 25.0 Å². The Kier molecular flexibility index (Phi) is 35.1. The van der Waals surface area contributed by atoms with Gasteiger partial charge in [0.15, 0.2) is 0 Å². The first-order valence-electron chi connectivity index (χ1n) is 40.3. The summed E-state index contributed by atoms with van der Waals surface area (Å²) in [6.45, 7) is 31.4. The van der Waals surface area contributed by atoms with Gasteiger partial charge in [-0.15, -0.1) is 0 Å². The second kappa shape index (κ2) is 44.1. The number of nitrogens with two attached hydrogens (primary N) is 1. The number of aliphatic carboxylic acids is 1. The van der Waals surface area contributed by atoms with Gasteiger partial charge in [0.2, 0.25) is 0 Å². The maximum Gasteiger partial charge on any atom is 0.498 e. The third-order valence-corrected chi connectivity index (χ3v) is 24.8. The van der Waals surface area contributed by atoms with Crippen molar-refractivity contribution in [2.75, 3.05) is 46.0 Å². The number of aromatic nitrogens is 3. The van der Waals surface area contributed by atoms with Crippen molar-refractivity contribution in [2.24, 2.45) is 5.73 Å². The number of carbonyl (C=O) groups is 3. The fraction of sp³-hybridized carbons (Fsp3) is 0.381. The number of rotatable bonds is 30. The van der Waals surface area contributed by atoms with Crippen molar-refractivity contribution in [3.05, 3.63) is 237 Å². The van der Waals surface area contributed by atoms with E-state index in [-0.39, 0.29) is 75.4 Å². The number of carbonyl (C=O) groups excluding carboxylic acids is 2. The molecule has 13 rings (SSSR count). The van der Waals surface area contributed by atoms with Crippen LogP contribution < -0.4 is 39.6 Å². The number of furan rings is 3. The van der Waals surface area contributed by atoms with E-state index in [2.05, 4.69) is 27.1 Å². The van der Waals surface area contributed by atoms with E-state index in [1.54, 1.807) is 121 Å². The number of methoxy groups -OCH3 is 3. The lowest BCUT2D eigenvalue weighted by molar-refractivity contribution is -0.143. The van der Waals surface area contributed by atoms with E-state index in [9.17, 15) is 27.9 Å². The third-order valence-electron chi connectivity index (χ3n) is 20.6. The lowest BCUT2D eigenvalue weighted by Gasteiger charge is -2.32. The van der Waals surface area contributed by atoms with Crippen LogP contribution in [0.15, 0.2) is 178 Å². The van der Waals surface area contributed by atoms with E-state index in [0.717, 1.165) is 122 Å². The van der Waals surface area contributed by atoms with Gasteiger partial charge in [-0.05, 0) is 233 Å². The molecule has 0 radical (unpaired) electrons. The molecule has 27 heteroatoms. The van der Waals surface area contributed by atoms with Crippen LogP contribution in [0, 0.1) is 20.8 Å². The van der Waals surface area contributed by atoms with Crippen LogP contribution in [0.1, 0.15) is 165 Å². The van der Waals surface area contributed by atoms with Crippen LogP contribution >= 0.6 is 11.6 Å². The van der Waals surface area contributed by atoms with Gasteiger partial charge in [0.05, 0.1) is 89.5 Å². The molecular weight excluding hydrogens is 1640 g/mol. The summed E-state index contributed by atoms with van der Waals surface area (Å²) in [5.41, 5.74) is 22.2. The monoisotopic (exact) mass is 1750 g/mol. The average molecular weight is 1750 g/mol. The second-order valence-corrected chi connectivity index (χ2v) is 37.4. The molecule has 6 aromatic carbocycles. The zero-order valence-corrected chi connectivity index (χ0v) is 75.2. The fourth-order valence-corrected chi connectivity index (χ4v) is 15.3. The number of benzene rings is 6. The third kappa shape index (κ3) is 26.1. The summed E-state index contributed by atoms with van der Waals surface area (Å²) in [5.74, 6) is 3.15. The topological polar surface area (TPSA) is 302 Å². The normalized spacial score (nSPS) is 13.1. The lowest BCUT2D eigenvalue weighted by Crippen LogP contribution is -2.41. The van der Waals surface area contributed by atoms with Crippen molar-refractivity contribution in [1.29, 1.82) is 0 Å². The summed E-state index contributed by atoms with van der Waals surface area (Å²) >= 11 is 5.83. The van der Waals surface area contributed by atoms with E-state index in [0.29, 0.717) is 89.2 Å². The Hall–Kier alpha value is -10.9. The molecule has 0 saturated carbocycles. The molecule has 0 aliphatic carbocycles. The quantitative estimate of drug-likeness (QED) is 0.0312. The first-order valence-corrected chi connectivity index (χ1v) is 43.3. The fourth-order valence-electron chi connectivity index (χ4n) is 13.2. The van der Waals surface area contributed by atoms with Crippen molar-refractivity contribution < 1.29 is 88.4 Å². The van der Waals surface area contributed by atoms with Crippen molar-refractivity contribution in [1.82, 2.24) is 15.0 Å². The Bertz CT molecular complexity index is 5690. The number of aryl methyl sites for hydroxylation is 5. The molecule has 0 bridgehead atoms. The Morgan fingerprint density at radius 1 is 0.492 bits per heavy atom. The predicted octanol–water partition coefficient (Wildman–Crippen LogP) is 19.9. The SMILES string of the molecule is C.C.CC(C)(C)[S@@](=O)CCc1cc(Cl)ccn1.CCOC(=O)Cc1ccc(OC)cc1OCc1cc(-c2ccnc(CC[S@](=O)C(C)(C)C)c2)c2occ(C)c2c1.CCOC(=O)Cc1ccc(OC)cc1OCc1cc(B2OC(C)(C)C(C)(C)O2)c2occ(C)c2c1.COc1ccc(CC(=O)O)c(OCc2cc(-c3ccnc(CN)c3)c3occ(C)c3c2)c1. The number of nitrogens with zero attached hydrogens (tertiary/aromatic N) is 3. The zero-order chi connectivity index (χ0) is 88.4. The standard InChI is InChI=1S/C32H37NO6S.C27H33BO7.C25H24N2O5.C11H16ClNOS.2CH4/c1-7-37-30(34)17-24-8-9-26(36-6)18-29(24)38-20-22-14-27-21(2)19-39-31(27)28(15-22)23-10-12-33-25(16-23)11-13-40(35)32(3,4)5;1-8-31-24(29)13-19-9-10-20(30-7)14-23(19)32-16-18-11-21-17(2)15-33-25(21)22(12-18)28-34-26(3,4)27(5,6)35-28;1-15-13-32-25-21(15)7-16(8-22(25)17-5-6-27-19(9-17)12-26)14-31-23-11-20(30-2)4-3-18(23)10-24(28)29;1-11(2,3)15(14)7-5-10-8-9(12)4-6-13-10;;/h8-10,12,14-16,18-19H,7,11,13,17,20H2,1-6H3;9-12,14-15H,8,13,16H2,1-7H3;3-9,11,13H,10,12,14,26H2,1-2H3,(H,28,29);4,6,8H,5,7H2,1-3H3;2*1H4/t40-;;;15-;;/m0..0../s1. The van der Waals surface area contributed by atoms with Gasteiger partial charge in [-0.3, -0.25) is 37.8 Å². The smallest absolute Gasteiger partial charge is 0.497 e. The molecule has 23 nitrogen and oxygen atoms in total. The van der Waals surface area contributed by atoms with Gasteiger partial charge in [0, 0.05) is 165 Å². The molecule has 0 unspecified atom stereocenters. The highest BCUT2D eigenvalue weighted by Gasteiger charge is 2.52. The Labute approximate surface area is 738 Å². The van der Waals surface area contributed by atoms with Crippen LogP contribution in [0.3, 0.4) is 0 Å². The zero-order valence-electron chi connectivity index (χ0n) is 72.8. The summed E-state index contributed by atoms with van der Waals surface area (Å²) in [6.07, 6.45) is 11.9. The molecule has 6 aromatic heterocycles. The maximum absolute atomic E-state index is 12.6. The molecule has 12 aromatic rings. The number of carboxylic acid groups (broad SMARTS) is 1. The molecule has 1 aliphatic rings. The highest BCUT2D eigenvalue weighted by atomic mass is 35.5. The number of ether oxygens (including phenoxy) is 8. The van der Waals surface area contributed by atoms with E-state index >= 15 is 0 Å². The molecular formula is C97H118BClN4O19S2. The number of pyridine rings is 3. The van der Waals surface area contributed by atoms with Gasteiger partial charge in [0.1, 0.15) is 71.1 Å². The molecule has 0 spiro atoms. The molecule has 1 aliphatic heterocycles. The van der Waals surface area contributed by atoms with Gasteiger partial charge < -0.3 is 71.3 Å². The molecule has 1 saturated heterocycles. The van der Waals surface area contributed by atoms with Crippen LogP contribution in [0.2, 0.25) is 5.02 Å². The molecule has 0 amide bonds. The largest absolute Gasteiger partial charge is 0.498 e. The second-order valence-electron chi connectivity index (χ2n) is 32.3. The first kappa shape index (κ1) is 98.6. The summed E-state index contributed by atoms with van der Waals surface area (Å²) < 4.78 is 99.1. The van der Waals surface area contributed by atoms with Gasteiger partial charge in [-0.25, -0.2) is 0 Å². The summed E-state index contributed by atoms with van der Waals surface area (Å²) in [5, 5.41) is 12.9. The summed E-state index contributed by atoms with van der Waals surface area (Å²) in [4.78, 5) is 48.5. The highest BCUT2D eigenvalue weighted by molar-refractivity contribution is 7.86. The molecule has 3 N–H and O–H groups in total. The Morgan fingerprint density at radius 3 is 1.23 bits per heavy atom. The van der Waals surface area contributed by atoms with E-state index < -0.39 is 45.9 Å². The van der Waals surface area contributed by atoms with Crippen LogP contribution in [-0.4, -0.2) is 120 Å². The summed E-state index contributed by atoms with van der Waals surface area (Å²) in [7, 11) is 2.40. The van der Waals surface area contributed by atoms with Crippen LogP contribution in [0.4, 0.5) is 0 Å². The van der Waals surface area contributed by atoms with Crippen LogP contribution in [0.25, 0.3) is 55.2 Å². The number of hydrogen-bond donors (Lipinski definition) is 2. The predicted molar refractivity (Wildman–Crippen MR) is 493 cm³/mol. The average Bonchev–Trinajstić information content (AvgIpc) is 1.60. The van der Waals surface area contributed by atoms with Gasteiger partial charge in [-0.2, -0.15) is 0 Å². The minimum Gasteiger partial charge on any atom is -0.497 e. The number of carboxylic acids is 1. The van der Waals surface area contributed by atoms with Crippen molar-refractivity contribution >= 4 is 96.6 Å². The minimum absolute atomic E-state index is 0. The molecule has 1 fully saturated rings.